The van der Waals surface area contributed by atoms with Crippen LogP contribution in [0.4, 0.5) is 5.69 Å². The molecule has 0 spiro atoms. The van der Waals surface area contributed by atoms with Gasteiger partial charge in [0.05, 0.1) is 11.9 Å². The molecule has 0 saturated heterocycles. The molecule has 0 atom stereocenters. The lowest BCUT2D eigenvalue weighted by atomic mass is 10.2. The molecular weight excluding hydrogens is 335 g/mol. The number of hydrogen-bond donors (Lipinski definition) is 1. The van der Waals surface area contributed by atoms with Crippen molar-refractivity contribution in [2.24, 2.45) is 0 Å². The number of aromatic nitrogens is 1. The lowest BCUT2D eigenvalue weighted by Crippen LogP contribution is -2.01. The second-order valence-corrected chi connectivity index (χ2v) is 5.45. The van der Waals surface area contributed by atoms with Crippen molar-refractivity contribution in [3.05, 3.63) is 56.2 Å². The van der Waals surface area contributed by atoms with Crippen LogP contribution in [-0.2, 0) is 6.54 Å². The number of aryl methyl sites for hydroxylation is 1. The van der Waals surface area contributed by atoms with Crippen molar-refractivity contribution in [3.63, 3.8) is 0 Å². The summed E-state index contributed by atoms with van der Waals surface area (Å²) in [6, 6.07) is 7.51. The van der Waals surface area contributed by atoms with Crippen molar-refractivity contribution in [2.45, 2.75) is 13.5 Å². The van der Waals surface area contributed by atoms with Crippen molar-refractivity contribution in [1.29, 1.82) is 0 Å². The van der Waals surface area contributed by atoms with Crippen LogP contribution in [0.2, 0.25) is 10.0 Å². The molecule has 0 aliphatic heterocycles. The largest absolute Gasteiger partial charge is 0.380 e. The van der Waals surface area contributed by atoms with E-state index in [-0.39, 0.29) is 0 Å². The molecule has 18 heavy (non-hydrogen) atoms. The molecule has 94 valence electrons. The van der Waals surface area contributed by atoms with E-state index in [0.29, 0.717) is 16.6 Å². The molecule has 2 aromatic rings. The van der Waals surface area contributed by atoms with E-state index in [9.17, 15) is 0 Å². The molecule has 0 aliphatic rings. The first-order valence-corrected chi connectivity index (χ1v) is 6.91. The minimum absolute atomic E-state index is 0.571. The van der Waals surface area contributed by atoms with Crippen LogP contribution >= 0.6 is 39.1 Å². The maximum atomic E-state index is 6.10. The van der Waals surface area contributed by atoms with Crippen molar-refractivity contribution in [3.8, 4) is 0 Å². The van der Waals surface area contributed by atoms with Crippen LogP contribution in [0.3, 0.4) is 0 Å². The quantitative estimate of drug-likeness (QED) is 0.785. The summed E-state index contributed by atoms with van der Waals surface area (Å²) in [7, 11) is 0. The Kier molecular flexibility index (Phi) is 4.49. The molecule has 0 saturated carbocycles. The summed E-state index contributed by atoms with van der Waals surface area (Å²) in [5.41, 5.74) is 2.90. The lowest BCUT2D eigenvalue weighted by molar-refractivity contribution is 1.12. The molecule has 0 unspecified atom stereocenters. The van der Waals surface area contributed by atoms with Gasteiger partial charge in [-0.2, -0.15) is 0 Å². The highest BCUT2D eigenvalue weighted by Gasteiger charge is 2.05. The number of nitrogens with one attached hydrogen (secondary N) is 1. The van der Waals surface area contributed by atoms with Crippen molar-refractivity contribution < 1.29 is 0 Å². The first-order valence-electron chi connectivity index (χ1n) is 5.37. The number of nitrogens with zero attached hydrogens (tertiary/aromatic N) is 1. The average molecular weight is 346 g/mol. The van der Waals surface area contributed by atoms with Crippen LogP contribution in [0, 0.1) is 6.92 Å². The maximum absolute atomic E-state index is 6.10. The zero-order valence-electron chi connectivity index (χ0n) is 9.67. The Bertz CT molecular complexity index is 553. The van der Waals surface area contributed by atoms with Crippen molar-refractivity contribution in [1.82, 2.24) is 4.98 Å². The van der Waals surface area contributed by atoms with Gasteiger partial charge in [-0.05, 0) is 46.6 Å². The Balaban J connectivity index is 2.14. The predicted molar refractivity (Wildman–Crippen MR) is 80.5 cm³/mol. The summed E-state index contributed by atoms with van der Waals surface area (Å²) in [6.45, 7) is 2.56. The first-order chi connectivity index (χ1) is 8.58. The monoisotopic (exact) mass is 344 g/mol. The fraction of sp³-hybridized carbons (Fsp3) is 0.154. The van der Waals surface area contributed by atoms with E-state index >= 15 is 0 Å². The van der Waals surface area contributed by atoms with Gasteiger partial charge in [0.15, 0.2) is 0 Å². The summed E-state index contributed by atoms with van der Waals surface area (Å²) < 4.78 is 0.851. The zero-order chi connectivity index (χ0) is 13.1. The van der Waals surface area contributed by atoms with E-state index in [0.717, 1.165) is 21.4 Å². The molecule has 2 nitrogen and oxygen atoms in total. The van der Waals surface area contributed by atoms with E-state index in [1.54, 1.807) is 6.20 Å². The summed E-state index contributed by atoms with van der Waals surface area (Å²) in [6.07, 6.45) is 1.77. The zero-order valence-corrected chi connectivity index (χ0v) is 12.8. The molecule has 0 amide bonds. The van der Waals surface area contributed by atoms with Gasteiger partial charge in [0.25, 0.3) is 0 Å². The summed E-state index contributed by atoms with van der Waals surface area (Å²) in [5.74, 6) is 0. The van der Waals surface area contributed by atoms with Gasteiger partial charge in [0.2, 0.25) is 0 Å². The minimum Gasteiger partial charge on any atom is -0.380 e. The third-order valence-electron chi connectivity index (χ3n) is 2.55. The van der Waals surface area contributed by atoms with Crippen LogP contribution in [0.1, 0.15) is 11.1 Å². The molecule has 2 rings (SSSR count). The predicted octanol–water partition coefficient (Wildman–Crippen LogP) is 5.07. The second kappa shape index (κ2) is 5.91. The SMILES string of the molecule is Cc1cc(NCc2c(Cl)cccc2Cl)cnc1Br. The van der Waals surface area contributed by atoms with Gasteiger partial charge in [-0.15, -0.1) is 0 Å². The number of halogens is 3. The van der Waals surface area contributed by atoms with E-state index < -0.39 is 0 Å². The lowest BCUT2D eigenvalue weighted by Gasteiger charge is -2.10. The normalized spacial score (nSPS) is 10.4. The molecule has 1 aromatic heterocycles. The van der Waals surface area contributed by atoms with Gasteiger partial charge in [-0.1, -0.05) is 29.3 Å². The molecule has 5 heteroatoms. The van der Waals surface area contributed by atoms with Gasteiger partial charge >= 0.3 is 0 Å². The summed E-state index contributed by atoms with van der Waals surface area (Å²) in [5, 5.41) is 4.59. The molecule has 1 aromatic carbocycles. The highest BCUT2D eigenvalue weighted by atomic mass is 79.9. The molecule has 0 fully saturated rings. The standard InChI is InChI=1S/C13H11BrCl2N2/c1-8-5-9(6-18-13(8)14)17-7-10-11(15)3-2-4-12(10)16/h2-6,17H,7H2,1H3. The smallest absolute Gasteiger partial charge is 0.109 e. The topological polar surface area (TPSA) is 24.9 Å². The van der Waals surface area contributed by atoms with Crippen LogP contribution in [0.15, 0.2) is 35.1 Å². The van der Waals surface area contributed by atoms with Crippen molar-refractivity contribution in [2.75, 3.05) is 5.32 Å². The van der Waals surface area contributed by atoms with E-state index in [4.69, 9.17) is 23.2 Å². The molecule has 0 bridgehead atoms. The average Bonchev–Trinajstić information content (AvgIpc) is 2.33. The van der Waals surface area contributed by atoms with E-state index in [1.807, 2.05) is 31.2 Å². The van der Waals surface area contributed by atoms with Crippen molar-refractivity contribution >= 4 is 44.8 Å². The number of hydrogen-bond acceptors (Lipinski definition) is 2. The number of benzene rings is 1. The van der Waals surface area contributed by atoms with E-state index in [1.165, 1.54) is 0 Å². The second-order valence-electron chi connectivity index (χ2n) is 3.89. The highest BCUT2D eigenvalue weighted by molar-refractivity contribution is 9.10. The molecular formula is C13H11BrCl2N2. The molecule has 0 radical (unpaired) electrons. The highest BCUT2D eigenvalue weighted by Crippen LogP contribution is 2.25. The Labute approximate surface area is 124 Å². The van der Waals surface area contributed by atoms with Gasteiger partial charge in [-0.3, -0.25) is 0 Å². The van der Waals surface area contributed by atoms with Gasteiger partial charge < -0.3 is 5.32 Å². The summed E-state index contributed by atoms with van der Waals surface area (Å²) in [4.78, 5) is 4.22. The summed E-state index contributed by atoms with van der Waals surface area (Å²) >= 11 is 15.6. The van der Waals surface area contributed by atoms with Crippen LogP contribution in [0.25, 0.3) is 0 Å². The van der Waals surface area contributed by atoms with Gasteiger partial charge in [0, 0.05) is 22.2 Å². The Morgan fingerprint density at radius 1 is 1.28 bits per heavy atom. The minimum atomic E-state index is 0.571. The first kappa shape index (κ1) is 13.7. The maximum Gasteiger partial charge on any atom is 0.109 e. The number of pyridine rings is 1. The Hall–Kier alpha value is -0.770. The molecule has 1 heterocycles. The molecule has 0 aliphatic carbocycles. The third kappa shape index (κ3) is 3.16. The van der Waals surface area contributed by atoms with Gasteiger partial charge in [-0.25, -0.2) is 4.98 Å². The van der Waals surface area contributed by atoms with Crippen LogP contribution in [-0.4, -0.2) is 4.98 Å². The van der Waals surface area contributed by atoms with Crippen LogP contribution in [0.5, 0.6) is 0 Å². The fourth-order valence-corrected chi connectivity index (χ4v) is 2.29. The number of anilines is 1. The number of rotatable bonds is 3. The van der Waals surface area contributed by atoms with Crippen LogP contribution < -0.4 is 5.32 Å². The van der Waals surface area contributed by atoms with Gasteiger partial charge in [0.1, 0.15) is 4.60 Å². The third-order valence-corrected chi connectivity index (χ3v) is 4.08. The van der Waals surface area contributed by atoms with E-state index in [2.05, 4.69) is 26.2 Å². The Morgan fingerprint density at radius 3 is 2.56 bits per heavy atom. The molecule has 1 N–H and O–H groups in total. The Morgan fingerprint density at radius 2 is 1.94 bits per heavy atom. The fourth-order valence-electron chi connectivity index (χ4n) is 1.55.